The predicted octanol–water partition coefficient (Wildman–Crippen LogP) is 11.5. The molecule has 0 heterocycles. The van der Waals surface area contributed by atoms with E-state index in [1.807, 2.05) is 24.3 Å². The highest BCUT2D eigenvalue weighted by molar-refractivity contribution is 7.47. The molecule has 344 valence electrons. The van der Waals surface area contributed by atoms with Crippen LogP contribution in [0.15, 0.2) is 146 Å². The van der Waals surface area contributed by atoms with Gasteiger partial charge < -0.3 is 25.2 Å². The van der Waals surface area contributed by atoms with Gasteiger partial charge in [-0.15, -0.1) is 0 Å². The van der Waals surface area contributed by atoms with Crippen molar-refractivity contribution in [2.45, 2.75) is 129 Å². The Balaban J connectivity index is 4.15. The number of aliphatic hydroxyl groups is 1. The van der Waals surface area contributed by atoms with Crippen LogP contribution in [0.3, 0.4) is 0 Å². The summed E-state index contributed by atoms with van der Waals surface area (Å²) < 4.78 is 26.7. The number of allylic oxidation sites excluding steroid dienone is 23. The third-order valence-corrected chi connectivity index (χ3v) is 9.10. The van der Waals surface area contributed by atoms with E-state index in [-0.39, 0.29) is 12.8 Å². The van der Waals surface area contributed by atoms with Crippen molar-refractivity contribution in [2.75, 3.05) is 19.8 Å². The minimum Gasteiger partial charge on any atom is -0.480 e. The topological polar surface area (TPSA) is 169 Å². The zero-order valence-corrected chi connectivity index (χ0v) is 38.0. The summed E-state index contributed by atoms with van der Waals surface area (Å²) in [5.74, 6) is -2.64. The Morgan fingerprint density at radius 1 is 0.532 bits per heavy atom. The number of carbonyl (C=O) groups is 3. The van der Waals surface area contributed by atoms with E-state index in [1.165, 1.54) is 0 Å². The molecule has 62 heavy (non-hydrogen) atoms. The zero-order chi connectivity index (χ0) is 45.6. The number of carboxylic acids is 1. The SMILES string of the molecule is CC/C=C\C/C=C\C/C=C\C/C=C\C/C=C\C/C=C\C/C=C\CC(=O)NC(COP(=O)(O)OCC(O)COC(=O)CCC/C=C\C/C=C\C/C=C\C/C=C\C/C=C\CC)C(=O)O. The predicted molar refractivity (Wildman–Crippen MR) is 253 cm³/mol. The molecule has 0 saturated heterocycles. The van der Waals surface area contributed by atoms with E-state index in [1.54, 1.807) is 12.2 Å². The lowest BCUT2D eigenvalue weighted by Crippen LogP contribution is -2.43. The van der Waals surface area contributed by atoms with Crippen LogP contribution < -0.4 is 5.32 Å². The van der Waals surface area contributed by atoms with Gasteiger partial charge in [-0.05, 0) is 89.9 Å². The van der Waals surface area contributed by atoms with Gasteiger partial charge in [0.2, 0.25) is 5.91 Å². The minimum absolute atomic E-state index is 0.103. The summed E-state index contributed by atoms with van der Waals surface area (Å²) >= 11 is 0. The van der Waals surface area contributed by atoms with E-state index in [9.17, 15) is 34.1 Å². The number of phosphoric acid groups is 1. The molecule has 12 heteroatoms. The fourth-order valence-corrected chi connectivity index (χ4v) is 5.61. The Morgan fingerprint density at radius 3 is 1.27 bits per heavy atom. The van der Waals surface area contributed by atoms with Crippen molar-refractivity contribution in [2.24, 2.45) is 0 Å². The zero-order valence-electron chi connectivity index (χ0n) is 37.1. The quantitative estimate of drug-likeness (QED) is 0.0203. The van der Waals surface area contributed by atoms with Gasteiger partial charge in [-0.3, -0.25) is 18.6 Å². The second kappa shape index (κ2) is 43.0. The van der Waals surface area contributed by atoms with Crippen LogP contribution in [0, 0.1) is 0 Å². The van der Waals surface area contributed by atoms with Crippen LogP contribution in [-0.4, -0.2) is 64.9 Å². The van der Waals surface area contributed by atoms with Crippen LogP contribution in [-0.2, 0) is 32.7 Å². The monoisotopic (exact) mass is 880 g/mol. The maximum Gasteiger partial charge on any atom is 0.472 e. The molecule has 3 unspecified atom stereocenters. The summed E-state index contributed by atoms with van der Waals surface area (Å²) in [6, 6.07) is -1.62. The number of nitrogens with one attached hydrogen (secondary N) is 1. The van der Waals surface area contributed by atoms with Gasteiger partial charge in [0.15, 0.2) is 6.04 Å². The van der Waals surface area contributed by atoms with Gasteiger partial charge in [-0.25, -0.2) is 9.36 Å². The number of aliphatic hydroxyl groups excluding tert-OH is 1. The molecule has 0 aliphatic carbocycles. The highest BCUT2D eigenvalue weighted by Crippen LogP contribution is 2.43. The van der Waals surface area contributed by atoms with Crippen molar-refractivity contribution >= 4 is 25.7 Å². The summed E-state index contributed by atoms with van der Waals surface area (Å²) in [6.07, 6.45) is 60.5. The van der Waals surface area contributed by atoms with Crippen molar-refractivity contribution in [3.8, 4) is 0 Å². The van der Waals surface area contributed by atoms with Crippen LogP contribution in [0.2, 0.25) is 0 Å². The lowest BCUT2D eigenvalue weighted by Gasteiger charge is -2.18. The number of rotatable bonds is 38. The highest BCUT2D eigenvalue weighted by atomic mass is 31.2. The Labute approximate surface area is 372 Å². The van der Waals surface area contributed by atoms with Crippen LogP contribution >= 0.6 is 7.82 Å². The van der Waals surface area contributed by atoms with E-state index < -0.39 is 57.6 Å². The van der Waals surface area contributed by atoms with Crippen molar-refractivity contribution in [3.05, 3.63) is 146 Å². The molecular weight excluding hydrogens is 806 g/mol. The van der Waals surface area contributed by atoms with Gasteiger partial charge in [-0.1, -0.05) is 160 Å². The molecule has 0 rings (SSSR count). The van der Waals surface area contributed by atoms with Gasteiger partial charge >= 0.3 is 19.8 Å². The molecule has 0 saturated carbocycles. The molecule has 3 atom stereocenters. The summed E-state index contributed by atoms with van der Waals surface area (Å²) in [6.45, 7) is 2.20. The first-order valence-corrected chi connectivity index (χ1v) is 23.4. The Kier molecular flexibility index (Phi) is 39.8. The molecule has 11 nitrogen and oxygen atoms in total. The first-order valence-electron chi connectivity index (χ1n) is 21.9. The van der Waals surface area contributed by atoms with Gasteiger partial charge in [-0.2, -0.15) is 0 Å². The Morgan fingerprint density at radius 2 is 0.887 bits per heavy atom. The van der Waals surface area contributed by atoms with E-state index in [0.717, 1.165) is 70.6 Å². The van der Waals surface area contributed by atoms with Crippen molar-refractivity contribution in [1.29, 1.82) is 0 Å². The van der Waals surface area contributed by atoms with Gasteiger partial charge in [0.1, 0.15) is 12.7 Å². The second-order valence-corrected chi connectivity index (χ2v) is 15.2. The number of ether oxygens (including phenoxy) is 1. The fourth-order valence-electron chi connectivity index (χ4n) is 4.84. The first kappa shape index (κ1) is 57.4. The number of esters is 1. The molecule has 0 aromatic carbocycles. The molecule has 0 aromatic heterocycles. The molecular formula is C50H74NO10P. The molecule has 4 N–H and O–H groups in total. The van der Waals surface area contributed by atoms with Gasteiger partial charge in [0, 0.05) is 12.8 Å². The van der Waals surface area contributed by atoms with E-state index in [4.69, 9.17) is 13.8 Å². The molecule has 0 aliphatic rings. The van der Waals surface area contributed by atoms with Crippen molar-refractivity contribution in [1.82, 2.24) is 5.32 Å². The van der Waals surface area contributed by atoms with Crippen LogP contribution in [0.4, 0.5) is 0 Å². The first-order chi connectivity index (χ1) is 30.1. The molecule has 0 aromatic rings. The number of carboxylic acid groups (broad SMARTS) is 1. The third-order valence-electron chi connectivity index (χ3n) is 8.15. The fraction of sp³-hybridized carbons (Fsp3) is 0.460. The smallest absolute Gasteiger partial charge is 0.472 e. The molecule has 0 bridgehead atoms. The maximum atomic E-state index is 12.3. The van der Waals surface area contributed by atoms with Crippen LogP contribution in [0.1, 0.15) is 117 Å². The van der Waals surface area contributed by atoms with Gasteiger partial charge in [0.25, 0.3) is 0 Å². The number of carbonyl (C=O) groups excluding carboxylic acids is 2. The summed E-state index contributed by atoms with van der Waals surface area (Å²) in [5, 5.41) is 21.7. The Bertz CT molecular complexity index is 1600. The minimum atomic E-state index is -4.81. The number of aliphatic carboxylic acids is 1. The normalized spacial score (nSPS) is 15.0. The lowest BCUT2D eigenvalue weighted by molar-refractivity contribution is -0.147. The van der Waals surface area contributed by atoms with Crippen molar-refractivity contribution in [3.63, 3.8) is 0 Å². The lowest BCUT2D eigenvalue weighted by atomic mass is 10.2. The summed E-state index contributed by atoms with van der Waals surface area (Å²) in [7, 11) is -4.81. The molecule has 0 fully saturated rings. The molecule has 0 spiro atoms. The Hall–Kier alpha value is -4.64. The number of unbranched alkanes of at least 4 members (excludes halogenated alkanes) is 1. The highest BCUT2D eigenvalue weighted by Gasteiger charge is 2.28. The molecule has 0 aliphatic heterocycles. The molecule has 1 amide bonds. The second-order valence-electron chi connectivity index (χ2n) is 13.8. The van der Waals surface area contributed by atoms with Gasteiger partial charge in [0.05, 0.1) is 13.2 Å². The van der Waals surface area contributed by atoms with E-state index >= 15 is 0 Å². The number of hydrogen-bond acceptors (Lipinski definition) is 8. The number of phosphoric ester groups is 1. The maximum absolute atomic E-state index is 12.3. The summed E-state index contributed by atoms with van der Waals surface area (Å²) in [5.41, 5.74) is 0. The van der Waals surface area contributed by atoms with E-state index in [0.29, 0.717) is 19.3 Å². The third kappa shape index (κ3) is 42.1. The summed E-state index contributed by atoms with van der Waals surface area (Å²) in [4.78, 5) is 45.8. The number of amides is 1. The average Bonchev–Trinajstić information content (AvgIpc) is 3.25. The van der Waals surface area contributed by atoms with Crippen molar-refractivity contribution < 1.29 is 47.8 Å². The standard InChI is InChI=1S/C50H74NO10P/c1-3-5-7-9-11-13-15-17-19-21-22-23-24-26-27-29-31-33-35-37-39-41-48(53)51-47(50(55)56)45-61-62(57,58)60-44-46(52)43-59-49(54)42-40-38-36-34-32-30-28-25-20-18-16-14-12-10-8-6-4-2/h5-8,11-14,17-20,22-23,26-28,30-31,33-34,36-37,39,46-47,52H,3-4,9-10,15-16,21,24-25,29,32,35,38,40-45H2,1-2H3,(H,51,53)(H,55,56)(H,57,58)/b7-5-,8-6-,13-11-,14-12-,19-17-,20-18-,23-22-,27-26-,30-28-,33-31-,36-34-,39-37-. The van der Waals surface area contributed by atoms with E-state index in [2.05, 4.69) is 129 Å². The largest absolute Gasteiger partial charge is 0.480 e. The van der Waals surface area contributed by atoms with Crippen LogP contribution in [0.25, 0.3) is 0 Å². The number of hydrogen-bond donors (Lipinski definition) is 4. The average molecular weight is 880 g/mol. The molecule has 0 radical (unpaired) electrons. The van der Waals surface area contributed by atoms with Crippen LogP contribution in [0.5, 0.6) is 0 Å².